The van der Waals surface area contributed by atoms with Crippen LogP contribution >= 0.6 is 0 Å². The molecule has 1 heterocycles. The van der Waals surface area contributed by atoms with E-state index in [1.54, 1.807) is 12.1 Å². The van der Waals surface area contributed by atoms with E-state index in [0.717, 1.165) is 18.6 Å². The zero-order chi connectivity index (χ0) is 17.7. The zero-order valence-corrected chi connectivity index (χ0v) is 13.3. The smallest absolute Gasteiger partial charge is 0.354 e. The number of carbonyl (C=O) groups is 1. The number of alkyl halides is 3. The van der Waals surface area contributed by atoms with E-state index in [-0.39, 0.29) is 17.6 Å². The summed E-state index contributed by atoms with van der Waals surface area (Å²) < 4.78 is 37.5. The van der Waals surface area contributed by atoms with Gasteiger partial charge < -0.3 is 10.6 Å². The SMILES string of the molecule is CCC(C)NC(=O)c1ccc(Nc2ccc(C(F)(F)F)cc2)cn1. The van der Waals surface area contributed by atoms with Crippen LogP contribution in [-0.4, -0.2) is 16.9 Å². The Kier molecular flexibility index (Phi) is 5.43. The molecule has 0 aliphatic carbocycles. The first-order valence-corrected chi connectivity index (χ1v) is 7.50. The van der Waals surface area contributed by atoms with Gasteiger partial charge in [0.15, 0.2) is 0 Å². The molecule has 0 aliphatic heterocycles. The van der Waals surface area contributed by atoms with Crippen LogP contribution in [-0.2, 0) is 6.18 Å². The average Bonchev–Trinajstić information content (AvgIpc) is 2.55. The Hall–Kier alpha value is -2.57. The van der Waals surface area contributed by atoms with Gasteiger partial charge in [-0.15, -0.1) is 0 Å². The lowest BCUT2D eigenvalue weighted by molar-refractivity contribution is -0.137. The minimum absolute atomic E-state index is 0.0595. The highest BCUT2D eigenvalue weighted by Gasteiger charge is 2.29. The number of halogens is 3. The summed E-state index contributed by atoms with van der Waals surface area (Å²) in [5, 5.41) is 5.75. The van der Waals surface area contributed by atoms with Crippen LogP contribution in [0.1, 0.15) is 36.3 Å². The minimum Gasteiger partial charge on any atom is -0.354 e. The van der Waals surface area contributed by atoms with Gasteiger partial charge in [-0.3, -0.25) is 4.79 Å². The number of carbonyl (C=O) groups excluding carboxylic acids is 1. The molecule has 0 aliphatic rings. The Labute approximate surface area is 138 Å². The first-order chi connectivity index (χ1) is 11.3. The number of hydrogen-bond donors (Lipinski definition) is 2. The van der Waals surface area contributed by atoms with Crippen LogP contribution in [0.15, 0.2) is 42.6 Å². The number of rotatable bonds is 5. The van der Waals surface area contributed by atoms with Crippen molar-refractivity contribution >= 4 is 17.3 Å². The quantitative estimate of drug-likeness (QED) is 0.852. The number of anilines is 2. The molecular formula is C17H18F3N3O. The normalized spacial score (nSPS) is 12.5. The van der Waals surface area contributed by atoms with E-state index in [4.69, 9.17) is 0 Å². The lowest BCUT2D eigenvalue weighted by Crippen LogP contribution is -2.32. The largest absolute Gasteiger partial charge is 0.416 e. The number of pyridine rings is 1. The summed E-state index contributed by atoms with van der Waals surface area (Å²) in [6.45, 7) is 3.87. The predicted molar refractivity (Wildman–Crippen MR) is 86.2 cm³/mol. The highest BCUT2D eigenvalue weighted by Crippen LogP contribution is 2.30. The summed E-state index contributed by atoms with van der Waals surface area (Å²) in [5.41, 5.74) is 0.660. The lowest BCUT2D eigenvalue weighted by Gasteiger charge is -2.12. The van der Waals surface area contributed by atoms with Crippen LogP contribution in [0.2, 0.25) is 0 Å². The molecule has 1 atom stereocenters. The Morgan fingerprint density at radius 2 is 1.75 bits per heavy atom. The molecule has 0 saturated heterocycles. The van der Waals surface area contributed by atoms with Crippen molar-refractivity contribution in [2.45, 2.75) is 32.5 Å². The standard InChI is InChI=1S/C17H18F3N3O/c1-3-11(2)22-16(24)15-9-8-14(10-21-15)23-13-6-4-12(5-7-13)17(18,19)20/h4-11,23H,3H2,1-2H3,(H,22,24). The van der Waals surface area contributed by atoms with E-state index < -0.39 is 11.7 Å². The van der Waals surface area contributed by atoms with Crippen LogP contribution in [0.25, 0.3) is 0 Å². The van der Waals surface area contributed by atoms with Crippen LogP contribution in [0.4, 0.5) is 24.5 Å². The molecule has 2 aromatic rings. The summed E-state index contributed by atoms with van der Waals surface area (Å²) in [7, 11) is 0. The maximum absolute atomic E-state index is 12.5. The van der Waals surface area contributed by atoms with Crippen LogP contribution in [0, 0.1) is 0 Å². The fourth-order valence-electron chi connectivity index (χ4n) is 1.91. The highest BCUT2D eigenvalue weighted by molar-refractivity contribution is 5.92. The van der Waals surface area contributed by atoms with Gasteiger partial charge in [0.05, 0.1) is 17.4 Å². The van der Waals surface area contributed by atoms with E-state index in [2.05, 4.69) is 15.6 Å². The fraction of sp³-hybridized carbons (Fsp3) is 0.294. The van der Waals surface area contributed by atoms with E-state index in [0.29, 0.717) is 11.4 Å². The zero-order valence-electron chi connectivity index (χ0n) is 13.3. The molecule has 1 aromatic heterocycles. The van der Waals surface area contributed by atoms with Crippen molar-refractivity contribution in [1.82, 2.24) is 10.3 Å². The molecular weight excluding hydrogens is 319 g/mol. The lowest BCUT2D eigenvalue weighted by atomic mass is 10.2. The summed E-state index contributed by atoms with van der Waals surface area (Å²) in [5.74, 6) is -0.259. The first kappa shape index (κ1) is 17.8. The van der Waals surface area contributed by atoms with Crippen LogP contribution < -0.4 is 10.6 Å². The molecule has 2 rings (SSSR count). The van der Waals surface area contributed by atoms with E-state index in [1.165, 1.54) is 18.3 Å². The Balaban J connectivity index is 2.02. The van der Waals surface area contributed by atoms with Gasteiger partial charge in [0, 0.05) is 11.7 Å². The maximum atomic E-state index is 12.5. The monoisotopic (exact) mass is 337 g/mol. The van der Waals surface area contributed by atoms with Crippen LogP contribution in [0.3, 0.4) is 0 Å². The number of nitrogens with zero attached hydrogens (tertiary/aromatic N) is 1. The molecule has 128 valence electrons. The molecule has 4 nitrogen and oxygen atoms in total. The summed E-state index contributed by atoms with van der Waals surface area (Å²) in [4.78, 5) is 16.0. The molecule has 0 fully saturated rings. The summed E-state index contributed by atoms with van der Waals surface area (Å²) in [6, 6.07) is 7.95. The van der Waals surface area contributed by atoms with Crippen LogP contribution in [0.5, 0.6) is 0 Å². The second kappa shape index (κ2) is 7.33. The second-order valence-electron chi connectivity index (χ2n) is 5.41. The van der Waals surface area contributed by atoms with Crippen molar-refractivity contribution in [2.75, 3.05) is 5.32 Å². The first-order valence-electron chi connectivity index (χ1n) is 7.50. The molecule has 1 unspecified atom stereocenters. The van der Waals surface area contributed by atoms with Gasteiger partial charge in [0.2, 0.25) is 0 Å². The number of aromatic nitrogens is 1. The van der Waals surface area contributed by atoms with Gasteiger partial charge in [0.25, 0.3) is 5.91 Å². The van der Waals surface area contributed by atoms with Gasteiger partial charge in [-0.25, -0.2) is 4.98 Å². The Morgan fingerprint density at radius 3 is 2.25 bits per heavy atom. The Bertz CT molecular complexity index is 682. The molecule has 0 radical (unpaired) electrons. The minimum atomic E-state index is -4.36. The topological polar surface area (TPSA) is 54.0 Å². The number of nitrogens with one attached hydrogen (secondary N) is 2. The van der Waals surface area contributed by atoms with Crippen molar-refractivity contribution in [3.63, 3.8) is 0 Å². The van der Waals surface area contributed by atoms with Gasteiger partial charge in [0.1, 0.15) is 5.69 Å². The van der Waals surface area contributed by atoms with E-state index >= 15 is 0 Å². The van der Waals surface area contributed by atoms with Crippen molar-refractivity contribution in [3.05, 3.63) is 53.9 Å². The van der Waals surface area contributed by atoms with Crippen molar-refractivity contribution in [2.24, 2.45) is 0 Å². The Morgan fingerprint density at radius 1 is 1.12 bits per heavy atom. The van der Waals surface area contributed by atoms with E-state index in [1.807, 2.05) is 13.8 Å². The molecule has 0 spiro atoms. The highest BCUT2D eigenvalue weighted by atomic mass is 19.4. The molecule has 24 heavy (non-hydrogen) atoms. The maximum Gasteiger partial charge on any atom is 0.416 e. The predicted octanol–water partition coefficient (Wildman–Crippen LogP) is 4.37. The summed E-state index contributed by atoms with van der Waals surface area (Å²) >= 11 is 0. The second-order valence-corrected chi connectivity index (χ2v) is 5.41. The third-order valence-electron chi connectivity index (χ3n) is 3.49. The molecule has 1 amide bonds. The van der Waals surface area contributed by atoms with Gasteiger partial charge in [-0.05, 0) is 49.7 Å². The molecule has 0 bridgehead atoms. The third kappa shape index (κ3) is 4.71. The summed E-state index contributed by atoms with van der Waals surface area (Å²) in [6.07, 6.45) is -2.08. The molecule has 2 N–H and O–H groups in total. The number of hydrogen-bond acceptors (Lipinski definition) is 3. The number of amides is 1. The van der Waals surface area contributed by atoms with Gasteiger partial charge in [-0.1, -0.05) is 6.92 Å². The third-order valence-corrected chi connectivity index (χ3v) is 3.49. The van der Waals surface area contributed by atoms with E-state index in [9.17, 15) is 18.0 Å². The van der Waals surface area contributed by atoms with Crippen molar-refractivity contribution in [3.8, 4) is 0 Å². The average molecular weight is 337 g/mol. The molecule has 7 heteroatoms. The van der Waals surface area contributed by atoms with Gasteiger partial charge >= 0.3 is 6.18 Å². The molecule has 0 saturated carbocycles. The van der Waals surface area contributed by atoms with Crippen molar-refractivity contribution in [1.29, 1.82) is 0 Å². The van der Waals surface area contributed by atoms with Gasteiger partial charge in [-0.2, -0.15) is 13.2 Å². The fourth-order valence-corrected chi connectivity index (χ4v) is 1.91. The molecule has 1 aromatic carbocycles. The number of benzene rings is 1. The van der Waals surface area contributed by atoms with Crippen molar-refractivity contribution < 1.29 is 18.0 Å².